The van der Waals surface area contributed by atoms with E-state index in [4.69, 9.17) is 0 Å². The van der Waals surface area contributed by atoms with Crippen molar-refractivity contribution in [1.82, 2.24) is 4.90 Å². The van der Waals surface area contributed by atoms with Gasteiger partial charge in [-0.25, -0.2) is 0 Å². The van der Waals surface area contributed by atoms with Crippen molar-refractivity contribution in [2.24, 2.45) is 5.92 Å². The molecule has 1 fully saturated rings. The van der Waals surface area contributed by atoms with Crippen LogP contribution < -0.4 is 0 Å². The normalized spacial score (nSPS) is 23.4. The van der Waals surface area contributed by atoms with Crippen molar-refractivity contribution in [1.29, 1.82) is 0 Å². The fourth-order valence-electron chi connectivity index (χ4n) is 2.60. The Morgan fingerprint density at radius 1 is 1.47 bits per heavy atom. The number of carbonyl (C=O) groups excluding carboxylic acids is 1. The number of phenols is 1. The topological polar surface area (TPSA) is 60.8 Å². The first-order valence-corrected chi connectivity index (χ1v) is 6.80. The number of rotatable bonds is 2. The van der Waals surface area contributed by atoms with E-state index in [1.54, 1.807) is 23.1 Å². The van der Waals surface area contributed by atoms with Gasteiger partial charge in [-0.3, -0.25) is 4.79 Å². The molecule has 0 aromatic heterocycles. The summed E-state index contributed by atoms with van der Waals surface area (Å²) in [5, 5.41) is 19.7. The zero-order chi connectivity index (χ0) is 14.0. The number of aromatic hydroxyl groups is 1. The number of benzene rings is 1. The minimum absolute atomic E-state index is 0.0229. The molecule has 0 aliphatic carbocycles. The molecule has 0 spiro atoms. The molecule has 104 valence electrons. The molecule has 1 saturated heterocycles. The van der Waals surface area contributed by atoms with Crippen LogP contribution in [0.3, 0.4) is 0 Å². The van der Waals surface area contributed by atoms with Crippen LogP contribution in [0, 0.1) is 12.8 Å². The van der Waals surface area contributed by atoms with Crippen LogP contribution in [-0.4, -0.2) is 40.2 Å². The molecule has 0 bridgehead atoms. The molecular formula is C15H21NO3. The molecular weight excluding hydrogens is 242 g/mol. The van der Waals surface area contributed by atoms with E-state index < -0.39 is 0 Å². The quantitative estimate of drug-likeness (QED) is 0.857. The van der Waals surface area contributed by atoms with E-state index in [1.165, 1.54) is 0 Å². The van der Waals surface area contributed by atoms with Crippen molar-refractivity contribution in [3.8, 4) is 5.75 Å². The van der Waals surface area contributed by atoms with Crippen LogP contribution in [0.25, 0.3) is 0 Å². The van der Waals surface area contributed by atoms with Gasteiger partial charge in [-0.05, 0) is 31.9 Å². The maximum absolute atomic E-state index is 12.4. The number of aliphatic hydroxyl groups excluding tert-OH is 1. The third-order valence-corrected chi connectivity index (χ3v) is 3.89. The van der Waals surface area contributed by atoms with Gasteiger partial charge in [0, 0.05) is 19.0 Å². The molecule has 1 heterocycles. The summed E-state index contributed by atoms with van der Waals surface area (Å²) in [5.41, 5.74) is 1.30. The predicted molar refractivity (Wildman–Crippen MR) is 73.2 cm³/mol. The van der Waals surface area contributed by atoms with Gasteiger partial charge in [0.2, 0.25) is 0 Å². The zero-order valence-corrected chi connectivity index (χ0v) is 11.5. The van der Waals surface area contributed by atoms with Crippen molar-refractivity contribution in [2.75, 3.05) is 13.1 Å². The summed E-state index contributed by atoms with van der Waals surface area (Å²) >= 11 is 0. The molecule has 4 nitrogen and oxygen atoms in total. The van der Waals surface area contributed by atoms with Gasteiger partial charge in [-0.15, -0.1) is 0 Å². The predicted octanol–water partition coefficient (Wildman–Crippen LogP) is 1.93. The van der Waals surface area contributed by atoms with E-state index in [-0.39, 0.29) is 23.7 Å². The number of amides is 1. The number of aryl methyl sites for hydroxylation is 1. The molecule has 19 heavy (non-hydrogen) atoms. The number of carbonyl (C=O) groups is 1. The van der Waals surface area contributed by atoms with Crippen molar-refractivity contribution in [3.63, 3.8) is 0 Å². The fourth-order valence-corrected chi connectivity index (χ4v) is 2.60. The summed E-state index contributed by atoms with van der Waals surface area (Å²) in [6.07, 6.45) is 1.14. The average Bonchev–Trinajstić information content (AvgIpc) is 2.41. The van der Waals surface area contributed by atoms with E-state index in [9.17, 15) is 15.0 Å². The van der Waals surface area contributed by atoms with Crippen LogP contribution in [0.15, 0.2) is 18.2 Å². The van der Waals surface area contributed by atoms with Gasteiger partial charge in [0.25, 0.3) is 5.91 Å². The Morgan fingerprint density at radius 2 is 2.21 bits per heavy atom. The molecule has 1 aromatic rings. The Balaban J connectivity index is 2.18. The maximum Gasteiger partial charge on any atom is 0.257 e. The fraction of sp³-hybridized carbons (Fsp3) is 0.533. The lowest BCUT2D eigenvalue weighted by molar-refractivity contribution is 0.0227. The van der Waals surface area contributed by atoms with Gasteiger partial charge in [0.15, 0.2) is 0 Å². The van der Waals surface area contributed by atoms with Gasteiger partial charge in [-0.1, -0.05) is 18.6 Å². The summed E-state index contributed by atoms with van der Waals surface area (Å²) in [5.74, 6) is 0.00553. The average molecular weight is 263 g/mol. The van der Waals surface area contributed by atoms with Crippen molar-refractivity contribution in [3.05, 3.63) is 29.3 Å². The zero-order valence-electron chi connectivity index (χ0n) is 11.5. The Kier molecular flexibility index (Phi) is 4.10. The lowest BCUT2D eigenvalue weighted by atomic mass is 9.92. The number of hydrogen-bond donors (Lipinski definition) is 2. The molecule has 0 saturated carbocycles. The highest BCUT2D eigenvalue weighted by molar-refractivity contribution is 5.97. The summed E-state index contributed by atoms with van der Waals surface area (Å²) < 4.78 is 0. The molecule has 2 atom stereocenters. The lowest BCUT2D eigenvalue weighted by Crippen LogP contribution is -2.45. The third kappa shape index (κ3) is 2.89. The maximum atomic E-state index is 12.4. The van der Waals surface area contributed by atoms with Crippen LogP contribution >= 0.6 is 0 Å². The number of phenolic OH excluding ortho intramolecular Hbond substituents is 1. The monoisotopic (exact) mass is 263 g/mol. The van der Waals surface area contributed by atoms with E-state index in [2.05, 4.69) is 0 Å². The third-order valence-electron chi connectivity index (χ3n) is 3.89. The SMILES string of the molecule is CCC1CN(C(=O)c2cc(C)ccc2O)CCC1O. The molecule has 2 unspecified atom stereocenters. The van der Waals surface area contributed by atoms with Crippen molar-refractivity contribution < 1.29 is 15.0 Å². The molecule has 4 heteroatoms. The smallest absolute Gasteiger partial charge is 0.257 e. The lowest BCUT2D eigenvalue weighted by Gasteiger charge is -2.36. The summed E-state index contributed by atoms with van der Waals surface area (Å²) in [6.45, 7) is 5.02. The Labute approximate surface area is 113 Å². The second-order valence-corrected chi connectivity index (χ2v) is 5.30. The Morgan fingerprint density at radius 3 is 2.89 bits per heavy atom. The number of nitrogens with zero attached hydrogens (tertiary/aromatic N) is 1. The molecule has 1 aliphatic heterocycles. The molecule has 1 aromatic carbocycles. The van der Waals surface area contributed by atoms with Gasteiger partial charge in [0.1, 0.15) is 5.75 Å². The Bertz CT molecular complexity index is 472. The van der Waals surface area contributed by atoms with Gasteiger partial charge in [0.05, 0.1) is 11.7 Å². The highest BCUT2D eigenvalue weighted by atomic mass is 16.3. The minimum atomic E-state index is -0.319. The first kappa shape index (κ1) is 13.9. The number of aliphatic hydroxyl groups is 1. The second kappa shape index (κ2) is 5.61. The summed E-state index contributed by atoms with van der Waals surface area (Å²) in [7, 11) is 0. The summed E-state index contributed by atoms with van der Waals surface area (Å²) in [4.78, 5) is 14.2. The number of piperidine rings is 1. The van der Waals surface area contributed by atoms with E-state index in [0.717, 1.165) is 12.0 Å². The van der Waals surface area contributed by atoms with Crippen LogP contribution in [0.5, 0.6) is 5.75 Å². The number of hydrogen-bond acceptors (Lipinski definition) is 3. The van der Waals surface area contributed by atoms with Crippen molar-refractivity contribution >= 4 is 5.91 Å². The molecule has 2 N–H and O–H groups in total. The van der Waals surface area contributed by atoms with Gasteiger partial charge >= 0.3 is 0 Å². The molecule has 1 aliphatic rings. The Hall–Kier alpha value is -1.55. The molecule has 2 rings (SSSR count). The standard InChI is InChI=1S/C15H21NO3/c1-3-11-9-16(7-6-13(11)17)15(19)12-8-10(2)4-5-14(12)18/h4-5,8,11,13,17-18H,3,6-7,9H2,1-2H3. The molecule has 1 amide bonds. The van der Waals surface area contributed by atoms with Crippen LogP contribution in [0.2, 0.25) is 0 Å². The van der Waals surface area contributed by atoms with Gasteiger partial charge in [-0.2, -0.15) is 0 Å². The van der Waals surface area contributed by atoms with E-state index in [0.29, 0.717) is 25.1 Å². The highest BCUT2D eigenvalue weighted by Gasteiger charge is 2.30. The largest absolute Gasteiger partial charge is 0.507 e. The van der Waals surface area contributed by atoms with Crippen LogP contribution in [0.4, 0.5) is 0 Å². The highest BCUT2D eigenvalue weighted by Crippen LogP contribution is 2.25. The van der Waals surface area contributed by atoms with E-state index in [1.807, 2.05) is 13.8 Å². The van der Waals surface area contributed by atoms with Crippen molar-refractivity contribution in [2.45, 2.75) is 32.8 Å². The first-order valence-electron chi connectivity index (χ1n) is 6.80. The van der Waals surface area contributed by atoms with Crippen LogP contribution in [-0.2, 0) is 0 Å². The minimum Gasteiger partial charge on any atom is -0.507 e. The number of likely N-dealkylation sites (tertiary alicyclic amines) is 1. The van der Waals surface area contributed by atoms with Crippen LogP contribution in [0.1, 0.15) is 35.7 Å². The second-order valence-electron chi connectivity index (χ2n) is 5.30. The molecule has 0 radical (unpaired) electrons. The van der Waals surface area contributed by atoms with Gasteiger partial charge < -0.3 is 15.1 Å². The first-order chi connectivity index (χ1) is 9.02. The summed E-state index contributed by atoms with van der Waals surface area (Å²) in [6, 6.07) is 5.04. The van der Waals surface area contributed by atoms with E-state index >= 15 is 0 Å².